The Morgan fingerprint density at radius 1 is 1.32 bits per heavy atom. The Morgan fingerprint density at radius 3 is 2.41 bits per heavy atom. The van der Waals surface area contributed by atoms with E-state index >= 15 is 0 Å². The maximum atomic E-state index is 11.9. The van der Waals surface area contributed by atoms with Crippen LogP contribution in [0.3, 0.4) is 0 Å². The summed E-state index contributed by atoms with van der Waals surface area (Å²) < 4.78 is 34.6. The Bertz CT molecular complexity index is 586. The standard InChI is InChI=1S/C16H27NO4S/c1-7-16(21-22(6,18)19,13(2)12-17(3)4)14-9-8-10-15(11-14)20-5/h8-11,13H,7,12H2,1-6H3/t13-,16?/m0/s1. The number of hydrogen-bond acceptors (Lipinski definition) is 5. The molecule has 2 atom stereocenters. The lowest BCUT2D eigenvalue weighted by atomic mass is 9.80. The summed E-state index contributed by atoms with van der Waals surface area (Å²) in [6.45, 7) is 4.66. The molecular formula is C16H27NO4S. The van der Waals surface area contributed by atoms with Crippen LogP contribution in [0.15, 0.2) is 24.3 Å². The van der Waals surface area contributed by atoms with Crippen molar-refractivity contribution in [2.45, 2.75) is 25.9 Å². The highest BCUT2D eigenvalue weighted by atomic mass is 32.2. The Hall–Kier alpha value is -1.11. The third kappa shape index (κ3) is 4.69. The minimum Gasteiger partial charge on any atom is -0.497 e. The van der Waals surface area contributed by atoms with Crippen LogP contribution in [0.5, 0.6) is 5.75 Å². The quantitative estimate of drug-likeness (QED) is 0.686. The Labute approximate surface area is 134 Å². The van der Waals surface area contributed by atoms with Gasteiger partial charge in [-0.1, -0.05) is 26.0 Å². The third-order valence-corrected chi connectivity index (χ3v) is 4.42. The first-order valence-corrected chi connectivity index (χ1v) is 9.16. The van der Waals surface area contributed by atoms with Crippen LogP contribution in [-0.4, -0.2) is 47.3 Å². The van der Waals surface area contributed by atoms with E-state index in [4.69, 9.17) is 8.92 Å². The third-order valence-electron chi connectivity index (χ3n) is 3.82. The van der Waals surface area contributed by atoms with Gasteiger partial charge in [0.2, 0.25) is 0 Å². The molecule has 5 nitrogen and oxygen atoms in total. The van der Waals surface area contributed by atoms with Gasteiger partial charge in [0.15, 0.2) is 0 Å². The molecule has 22 heavy (non-hydrogen) atoms. The zero-order valence-corrected chi connectivity index (χ0v) is 15.1. The monoisotopic (exact) mass is 329 g/mol. The minimum absolute atomic E-state index is 0.0191. The van der Waals surface area contributed by atoms with Crippen molar-refractivity contribution in [1.29, 1.82) is 0 Å². The maximum Gasteiger partial charge on any atom is 0.265 e. The molecule has 0 aliphatic heterocycles. The first-order valence-electron chi connectivity index (χ1n) is 7.34. The minimum atomic E-state index is -3.60. The molecule has 0 bridgehead atoms. The molecule has 0 aliphatic carbocycles. The predicted molar refractivity (Wildman–Crippen MR) is 88.6 cm³/mol. The smallest absolute Gasteiger partial charge is 0.265 e. The number of hydrogen-bond donors (Lipinski definition) is 0. The van der Waals surface area contributed by atoms with Gasteiger partial charge in [-0.3, -0.25) is 4.18 Å². The van der Waals surface area contributed by atoms with Crippen LogP contribution in [0.1, 0.15) is 25.8 Å². The predicted octanol–water partition coefficient (Wildman–Crippen LogP) is 2.47. The van der Waals surface area contributed by atoms with Gasteiger partial charge in [-0.25, -0.2) is 0 Å². The van der Waals surface area contributed by atoms with Crippen LogP contribution < -0.4 is 4.74 Å². The van der Waals surface area contributed by atoms with Crippen LogP contribution in [-0.2, 0) is 19.9 Å². The van der Waals surface area contributed by atoms with Crippen molar-refractivity contribution in [3.63, 3.8) is 0 Å². The highest BCUT2D eigenvalue weighted by Gasteiger charge is 2.41. The molecule has 1 rings (SSSR count). The number of benzene rings is 1. The molecule has 0 spiro atoms. The van der Waals surface area contributed by atoms with Crippen molar-refractivity contribution in [3.8, 4) is 5.75 Å². The Morgan fingerprint density at radius 2 is 1.95 bits per heavy atom. The zero-order valence-electron chi connectivity index (χ0n) is 14.3. The largest absolute Gasteiger partial charge is 0.497 e. The summed E-state index contributed by atoms with van der Waals surface area (Å²) in [5.41, 5.74) is -0.0963. The van der Waals surface area contributed by atoms with Crippen LogP contribution in [0.2, 0.25) is 0 Å². The fourth-order valence-corrected chi connectivity index (χ4v) is 3.80. The van der Waals surface area contributed by atoms with Gasteiger partial charge >= 0.3 is 0 Å². The second-order valence-electron chi connectivity index (χ2n) is 5.93. The topological polar surface area (TPSA) is 55.8 Å². The van der Waals surface area contributed by atoms with Crippen LogP contribution in [0.25, 0.3) is 0 Å². The fourth-order valence-electron chi connectivity index (χ4n) is 2.88. The van der Waals surface area contributed by atoms with Crippen molar-refractivity contribution >= 4 is 10.1 Å². The van der Waals surface area contributed by atoms with Gasteiger partial charge < -0.3 is 9.64 Å². The SMILES string of the molecule is CCC(OS(C)(=O)=O)(c1cccc(OC)c1)[C@@H](C)CN(C)C. The van der Waals surface area contributed by atoms with Crippen LogP contribution in [0, 0.1) is 5.92 Å². The van der Waals surface area contributed by atoms with E-state index in [0.29, 0.717) is 18.7 Å². The lowest BCUT2D eigenvalue weighted by molar-refractivity contribution is 0.00347. The molecule has 0 N–H and O–H groups in total. The summed E-state index contributed by atoms with van der Waals surface area (Å²) in [6.07, 6.45) is 1.64. The Kier molecular flexibility index (Phi) is 6.40. The lowest BCUT2D eigenvalue weighted by Crippen LogP contribution is -2.42. The number of rotatable bonds is 8. The van der Waals surface area contributed by atoms with Gasteiger partial charge in [0.25, 0.3) is 10.1 Å². The summed E-state index contributed by atoms with van der Waals surface area (Å²) in [5.74, 6) is 0.666. The van der Waals surface area contributed by atoms with Crippen molar-refractivity contribution < 1.29 is 17.3 Å². The molecule has 0 aromatic heterocycles. The van der Waals surface area contributed by atoms with Gasteiger partial charge in [-0.15, -0.1) is 0 Å². The average Bonchev–Trinajstić information content (AvgIpc) is 2.43. The molecular weight excluding hydrogens is 302 g/mol. The van der Waals surface area contributed by atoms with Gasteiger partial charge in [-0.2, -0.15) is 8.42 Å². The second kappa shape index (κ2) is 7.44. The van der Waals surface area contributed by atoms with E-state index in [1.807, 2.05) is 57.1 Å². The van der Waals surface area contributed by atoms with E-state index in [1.54, 1.807) is 7.11 Å². The van der Waals surface area contributed by atoms with E-state index in [0.717, 1.165) is 11.8 Å². The summed E-state index contributed by atoms with van der Waals surface area (Å²) in [7, 11) is 1.91. The summed E-state index contributed by atoms with van der Waals surface area (Å²) in [5, 5.41) is 0. The van der Waals surface area contributed by atoms with Crippen molar-refractivity contribution in [1.82, 2.24) is 4.90 Å². The molecule has 0 fully saturated rings. The van der Waals surface area contributed by atoms with Crippen LogP contribution >= 0.6 is 0 Å². The van der Waals surface area contributed by atoms with Gasteiger partial charge in [0, 0.05) is 12.5 Å². The average molecular weight is 329 g/mol. The van der Waals surface area contributed by atoms with E-state index in [-0.39, 0.29) is 5.92 Å². The summed E-state index contributed by atoms with van der Waals surface area (Å²) in [4.78, 5) is 2.03. The zero-order chi connectivity index (χ0) is 17.0. The maximum absolute atomic E-state index is 11.9. The molecule has 0 saturated heterocycles. The lowest BCUT2D eigenvalue weighted by Gasteiger charge is -2.39. The van der Waals surface area contributed by atoms with Crippen molar-refractivity contribution in [2.75, 3.05) is 34.0 Å². The van der Waals surface area contributed by atoms with E-state index < -0.39 is 15.7 Å². The van der Waals surface area contributed by atoms with Crippen molar-refractivity contribution in [2.24, 2.45) is 5.92 Å². The van der Waals surface area contributed by atoms with E-state index in [9.17, 15) is 8.42 Å². The van der Waals surface area contributed by atoms with E-state index in [2.05, 4.69) is 0 Å². The molecule has 0 aliphatic rings. The molecule has 126 valence electrons. The normalized spacial score (nSPS) is 16.3. The summed E-state index contributed by atoms with van der Waals surface area (Å²) in [6, 6.07) is 7.43. The second-order valence-corrected chi connectivity index (χ2v) is 7.50. The van der Waals surface area contributed by atoms with Gasteiger partial charge in [0.05, 0.1) is 13.4 Å². The molecule has 6 heteroatoms. The molecule has 1 aromatic rings. The van der Waals surface area contributed by atoms with Gasteiger partial charge in [0.1, 0.15) is 11.4 Å². The molecule has 0 amide bonds. The van der Waals surface area contributed by atoms with Crippen molar-refractivity contribution in [3.05, 3.63) is 29.8 Å². The first kappa shape index (κ1) is 18.9. The highest BCUT2D eigenvalue weighted by molar-refractivity contribution is 7.86. The fraction of sp³-hybridized carbons (Fsp3) is 0.625. The molecule has 0 saturated carbocycles. The number of methoxy groups -OCH3 is 1. The first-order chi connectivity index (χ1) is 10.1. The van der Waals surface area contributed by atoms with E-state index in [1.165, 1.54) is 0 Å². The molecule has 1 aromatic carbocycles. The number of ether oxygens (including phenoxy) is 1. The molecule has 0 radical (unpaired) electrons. The van der Waals surface area contributed by atoms with Gasteiger partial charge in [-0.05, 0) is 38.2 Å². The Balaban J connectivity index is 3.41. The summed E-state index contributed by atoms with van der Waals surface area (Å²) >= 11 is 0. The molecule has 1 unspecified atom stereocenters. The van der Waals surface area contributed by atoms with Crippen LogP contribution in [0.4, 0.5) is 0 Å². The molecule has 0 heterocycles. The highest BCUT2D eigenvalue weighted by Crippen LogP contribution is 2.40. The number of nitrogens with zero attached hydrogens (tertiary/aromatic N) is 1.